The Morgan fingerprint density at radius 2 is 0.773 bits per heavy atom. The fourth-order valence-electron chi connectivity index (χ4n) is 3.47. The number of hydrogen-bond donors (Lipinski definition) is 0. The van der Waals surface area contributed by atoms with E-state index >= 15 is 0 Å². The zero-order valence-electron chi connectivity index (χ0n) is 26.6. The van der Waals surface area contributed by atoms with E-state index in [1.807, 2.05) is 0 Å². The van der Waals surface area contributed by atoms with E-state index < -0.39 is 11.1 Å². The molecule has 228 valence electrons. The molecule has 0 aromatic carbocycles. The van der Waals surface area contributed by atoms with E-state index in [4.69, 9.17) is 31.9 Å². The molecule has 0 bridgehead atoms. The van der Waals surface area contributed by atoms with Crippen molar-refractivity contribution in [2.24, 2.45) is 0 Å². The van der Waals surface area contributed by atoms with Gasteiger partial charge in [0.2, 0.25) is 0 Å². The number of allylic oxidation sites excluding steroid dienone is 2. The van der Waals surface area contributed by atoms with Crippen molar-refractivity contribution in [1.29, 1.82) is 21.0 Å². The molecule has 0 aliphatic heterocycles. The van der Waals surface area contributed by atoms with Gasteiger partial charge in [-0.3, -0.25) is 0 Å². The Labute approximate surface area is 318 Å². The van der Waals surface area contributed by atoms with Crippen molar-refractivity contribution < 1.29 is 77.5 Å². The Morgan fingerprint density at radius 1 is 0.500 bits per heavy atom. The quantitative estimate of drug-likeness (QED) is 0.0964. The molecule has 0 saturated heterocycles. The van der Waals surface area contributed by atoms with Crippen LogP contribution >= 0.6 is 0 Å². The van der Waals surface area contributed by atoms with E-state index in [-0.39, 0.29) is 68.4 Å². The van der Waals surface area contributed by atoms with Crippen molar-refractivity contribution in [2.45, 2.75) is 104 Å². The van der Waals surface area contributed by atoms with Gasteiger partial charge in [-0.05, 0) is 12.8 Å². The molecule has 44 heavy (non-hydrogen) atoms. The number of rotatable bonds is 14. The first kappa shape index (κ1) is 48.2. The van der Waals surface area contributed by atoms with E-state index in [0.29, 0.717) is 0 Å². The van der Waals surface area contributed by atoms with Gasteiger partial charge in [0, 0.05) is 37.1 Å². The number of unbranched alkanes of at least 4 members (excludes halogenated alkanes) is 10. The minimum absolute atomic E-state index is 0. The molecule has 0 saturated carbocycles. The predicted octanol–water partition coefficient (Wildman–Crippen LogP) is 1.08. The van der Waals surface area contributed by atoms with Gasteiger partial charge >= 0.3 is 51.4 Å². The average molecular weight is 684 g/mol. The molecule has 2 aromatic heterocycles. The fraction of sp³-hybridized carbons (Fsp3) is 0.471. The summed E-state index contributed by atoms with van der Waals surface area (Å²) in [6, 6.07) is 18.1. The van der Waals surface area contributed by atoms with Crippen molar-refractivity contribution in [3.8, 4) is 24.3 Å². The number of nitriles is 4. The average Bonchev–Trinajstić information content (AvgIpc) is 3.04. The topological polar surface area (TPSA) is 148 Å². The molecule has 0 aliphatic rings. The van der Waals surface area contributed by atoms with E-state index in [9.17, 15) is 0 Å². The van der Waals surface area contributed by atoms with Crippen LogP contribution in [0.25, 0.3) is 10.8 Å². The molecular formula is C34H44BrKN8. The monoisotopic (exact) mass is 682 g/mol. The van der Waals surface area contributed by atoms with Crippen LogP contribution in [-0.4, -0.2) is 11.7 Å². The second kappa shape index (κ2) is 40.3. The van der Waals surface area contributed by atoms with E-state index in [1.54, 1.807) is 0 Å². The third kappa shape index (κ3) is 33.8. The maximum Gasteiger partial charge on any atom is 1.00 e. The standard InChI is InChI=1S/2C13H22N.2C4N3.BrH.K/c2*1-2-3-4-5-6-8-11-14-12-9-7-10-13-14;2*5-1-4(2-6)3-7;;/h2*7,9-10,12-13H,2-6,8,11H2,1H3;;;1H;/q2*+1;2*-1;;+1/p-1. The van der Waals surface area contributed by atoms with Crippen molar-refractivity contribution in [3.63, 3.8) is 0 Å². The molecule has 0 aliphatic carbocycles. The molecule has 0 N–H and O–H groups in total. The van der Waals surface area contributed by atoms with Gasteiger partial charge in [-0.25, -0.2) is 20.9 Å². The zero-order chi connectivity index (χ0) is 31.5. The van der Waals surface area contributed by atoms with Crippen molar-refractivity contribution in [2.75, 3.05) is 0 Å². The minimum atomic E-state index is -0.403. The number of aryl methyl sites for hydroxylation is 2. The van der Waals surface area contributed by atoms with Crippen LogP contribution in [0.3, 0.4) is 0 Å². The third-order valence-corrected chi connectivity index (χ3v) is 5.77. The number of aromatic nitrogens is 2. The summed E-state index contributed by atoms with van der Waals surface area (Å²) in [4.78, 5) is 0. The molecular weight excluding hydrogens is 639 g/mol. The molecule has 0 spiro atoms. The van der Waals surface area contributed by atoms with Gasteiger partial charge in [0.25, 0.3) is 0 Å². The van der Waals surface area contributed by atoms with Gasteiger partial charge in [0.15, 0.2) is 24.8 Å². The summed E-state index contributed by atoms with van der Waals surface area (Å²) in [5.74, 6) is 2.79. The van der Waals surface area contributed by atoms with E-state index in [1.165, 1.54) is 126 Å². The minimum Gasteiger partial charge on any atom is -1.00 e. The Bertz CT molecular complexity index is 1080. The van der Waals surface area contributed by atoms with Crippen LogP contribution in [0.1, 0.15) is 90.9 Å². The van der Waals surface area contributed by atoms with Crippen LogP contribution in [0, 0.1) is 45.3 Å². The Hall–Kier alpha value is -2.72. The normalized spacial score (nSPS) is 8.14. The van der Waals surface area contributed by atoms with Gasteiger partial charge in [-0.15, -0.1) is 0 Å². The van der Waals surface area contributed by atoms with Gasteiger partial charge in [-0.2, -0.15) is 21.0 Å². The van der Waals surface area contributed by atoms with Crippen LogP contribution in [-0.2, 0) is 13.1 Å². The molecule has 0 fully saturated rings. The van der Waals surface area contributed by atoms with Gasteiger partial charge < -0.3 is 27.8 Å². The van der Waals surface area contributed by atoms with E-state index in [2.05, 4.69) is 84.2 Å². The van der Waals surface area contributed by atoms with Gasteiger partial charge in [0.05, 0.1) is 0 Å². The van der Waals surface area contributed by atoms with Crippen molar-refractivity contribution in [3.05, 3.63) is 83.2 Å². The van der Waals surface area contributed by atoms with Gasteiger partial charge in [-0.1, -0.05) is 77.3 Å². The van der Waals surface area contributed by atoms with Crippen molar-refractivity contribution in [1.82, 2.24) is 0 Å². The number of nitrogens with zero attached hydrogens (tertiary/aromatic N) is 8. The fourth-order valence-corrected chi connectivity index (χ4v) is 3.47. The smallest absolute Gasteiger partial charge is 1.00 e. The first-order chi connectivity index (χ1) is 20.6. The molecule has 0 atom stereocenters. The summed E-state index contributed by atoms with van der Waals surface area (Å²) in [7, 11) is 0. The number of halogens is 1. The predicted molar refractivity (Wildman–Crippen MR) is 166 cm³/mol. The number of hydrogen-bond acceptors (Lipinski definition) is 4. The first-order valence-corrected chi connectivity index (χ1v) is 14.6. The Morgan fingerprint density at radius 3 is 1.00 bits per heavy atom. The SMILES string of the molecule is CCCCCCCC[n+]1ccccc1.CCCCCCCC[n+]1ccccc1.N#CC(=C=[N-])C#N.N#CC(=C=[N-])C#N.[Br-].[K+]. The summed E-state index contributed by atoms with van der Waals surface area (Å²) >= 11 is 0. The van der Waals surface area contributed by atoms with Crippen LogP contribution < -0.4 is 77.5 Å². The second-order valence-corrected chi connectivity index (χ2v) is 9.18. The number of pyridine rings is 2. The summed E-state index contributed by atoms with van der Waals surface area (Å²) in [6.07, 6.45) is 25.1. The first-order valence-electron chi connectivity index (χ1n) is 14.6. The largest absolute Gasteiger partial charge is 1.00 e. The van der Waals surface area contributed by atoms with Crippen LogP contribution in [0.15, 0.2) is 72.3 Å². The summed E-state index contributed by atoms with van der Waals surface area (Å²) in [6.45, 7) is 6.87. The molecule has 2 heterocycles. The summed E-state index contributed by atoms with van der Waals surface area (Å²) in [5, 5.41) is 46.8. The van der Waals surface area contributed by atoms with Gasteiger partial charge in [0.1, 0.15) is 48.5 Å². The molecule has 2 aromatic rings. The summed E-state index contributed by atoms with van der Waals surface area (Å²) in [5.41, 5.74) is -0.806. The Kier molecular flexibility index (Phi) is 44.1. The Balaban J connectivity index is -0.000000252. The van der Waals surface area contributed by atoms with Crippen LogP contribution in [0.4, 0.5) is 0 Å². The maximum absolute atomic E-state index is 7.79. The van der Waals surface area contributed by atoms with Crippen LogP contribution in [0.5, 0.6) is 0 Å². The molecule has 0 radical (unpaired) electrons. The van der Waals surface area contributed by atoms with Crippen molar-refractivity contribution >= 4 is 11.7 Å². The molecule has 0 amide bonds. The molecule has 10 heteroatoms. The molecule has 0 unspecified atom stereocenters. The van der Waals surface area contributed by atoms with E-state index in [0.717, 1.165) is 0 Å². The molecule has 2 rings (SSSR count). The molecule has 8 nitrogen and oxygen atoms in total. The van der Waals surface area contributed by atoms with Crippen LogP contribution in [0.2, 0.25) is 0 Å². The second-order valence-electron chi connectivity index (χ2n) is 9.18. The zero-order valence-corrected chi connectivity index (χ0v) is 31.3. The maximum atomic E-state index is 7.79. The third-order valence-electron chi connectivity index (χ3n) is 5.77. The summed E-state index contributed by atoms with van der Waals surface area (Å²) < 4.78 is 4.53.